The van der Waals surface area contributed by atoms with Crippen molar-refractivity contribution in [1.82, 2.24) is 0 Å². The van der Waals surface area contributed by atoms with E-state index in [2.05, 4.69) is 19.6 Å². The topological polar surface area (TPSA) is 26.3 Å². The second kappa shape index (κ2) is 4.39. The van der Waals surface area contributed by atoms with E-state index in [1.54, 1.807) is 0 Å². The van der Waals surface area contributed by atoms with E-state index in [1.807, 2.05) is 30.3 Å². The van der Waals surface area contributed by atoms with Gasteiger partial charge in [0.05, 0.1) is 0 Å². The zero-order valence-corrected chi connectivity index (χ0v) is 11.8. The number of benzene rings is 1. The first-order chi connectivity index (χ1) is 7.94. The van der Waals surface area contributed by atoms with Crippen LogP contribution < -0.4 is 0 Å². The van der Waals surface area contributed by atoms with Crippen LogP contribution in [-0.4, -0.2) is 14.1 Å². The van der Waals surface area contributed by atoms with E-state index in [0.29, 0.717) is 6.42 Å². The predicted octanol–water partition coefficient (Wildman–Crippen LogP) is 3.49. The summed E-state index contributed by atoms with van der Waals surface area (Å²) in [6.07, 6.45) is 2.43. The summed E-state index contributed by atoms with van der Waals surface area (Å²) in [5, 5.41) is 0. The zero-order chi connectivity index (χ0) is 12.5. The molecule has 1 aromatic rings. The van der Waals surface area contributed by atoms with Crippen LogP contribution in [0.15, 0.2) is 30.3 Å². The fourth-order valence-electron chi connectivity index (χ4n) is 2.54. The minimum atomic E-state index is -1.74. The molecule has 2 rings (SSSR count). The lowest BCUT2D eigenvalue weighted by molar-refractivity contribution is -0.132. The molecule has 1 atom stereocenters. The molecule has 0 aromatic heterocycles. The highest BCUT2D eigenvalue weighted by Gasteiger charge is 2.46. The van der Waals surface area contributed by atoms with Crippen LogP contribution in [0.5, 0.6) is 0 Å². The number of ketones is 1. The van der Waals surface area contributed by atoms with E-state index in [1.165, 1.54) is 0 Å². The molecule has 0 aliphatic heterocycles. The lowest BCUT2D eigenvalue weighted by atomic mass is 9.91. The van der Waals surface area contributed by atoms with Crippen LogP contribution >= 0.6 is 0 Å². The van der Waals surface area contributed by atoms with Gasteiger partial charge in [0.25, 0.3) is 0 Å². The fourth-order valence-corrected chi connectivity index (χ4v) is 3.92. The maximum absolute atomic E-state index is 12.3. The largest absolute Gasteiger partial charge is 0.401 e. The van der Waals surface area contributed by atoms with Crippen LogP contribution in [0, 0.1) is 0 Å². The fraction of sp³-hybridized carbons (Fsp3) is 0.500. The Labute approximate surface area is 104 Å². The number of hydrogen-bond donors (Lipinski definition) is 0. The van der Waals surface area contributed by atoms with Gasteiger partial charge in [0.2, 0.25) is 0 Å². The molecule has 0 heterocycles. The van der Waals surface area contributed by atoms with Crippen LogP contribution in [0.2, 0.25) is 19.6 Å². The van der Waals surface area contributed by atoms with Gasteiger partial charge in [-0.2, -0.15) is 0 Å². The molecule has 2 nitrogen and oxygen atoms in total. The number of hydrogen-bond acceptors (Lipinski definition) is 2. The maximum Gasteiger partial charge on any atom is 0.185 e. The van der Waals surface area contributed by atoms with Crippen LogP contribution in [0.4, 0.5) is 0 Å². The first-order valence-corrected chi connectivity index (χ1v) is 9.64. The van der Waals surface area contributed by atoms with Crippen LogP contribution in [0.3, 0.4) is 0 Å². The molecule has 1 fully saturated rings. The SMILES string of the molecule is C[Si](C)(C)OC1(c2ccccc2)CCCC1=O. The van der Waals surface area contributed by atoms with Gasteiger partial charge in [-0.05, 0) is 38.0 Å². The molecule has 0 saturated heterocycles. The molecule has 92 valence electrons. The summed E-state index contributed by atoms with van der Waals surface area (Å²) in [6, 6.07) is 9.98. The summed E-state index contributed by atoms with van der Waals surface area (Å²) in [7, 11) is -1.74. The Morgan fingerprint density at radius 1 is 1.18 bits per heavy atom. The van der Waals surface area contributed by atoms with Crippen molar-refractivity contribution in [3.05, 3.63) is 35.9 Å². The number of carbonyl (C=O) groups is 1. The minimum absolute atomic E-state index is 0.256. The van der Waals surface area contributed by atoms with Crippen LogP contribution in [-0.2, 0) is 14.8 Å². The highest BCUT2D eigenvalue weighted by Crippen LogP contribution is 2.41. The average Bonchev–Trinajstić information content (AvgIpc) is 2.60. The molecule has 1 aliphatic rings. The van der Waals surface area contributed by atoms with E-state index in [0.717, 1.165) is 18.4 Å². The van der Waals surface area contributed by atoms with Gasteiger partial charge in [-0.15, -0.1) is 0 Å². The van der Waals surface area contributed by atoms with Crippen molar-refractivity contribution >= 4 is 14.1 Å². The van der Waals surface area contributed by atoms with Gasteiger partial charge in [0, 0.05) is 6.42 Å². The summed E-state index contributed by atoms with van der Waals surface area (Å²) in [4.78, 5) is 12.3. The van der Waals surface area contributed by atoms with E-state index in [9.17, 15) is 4.79 Å². The first-order valence-electron chi connectivity index (χ1n) is 6.23. The van der Waals surface area contributed by atoms with Crippen molar-refractivity contribution in [2.75, 3.05) is 0 Å². The van der Waals surface area contributed by atoms with Gasteiger partial charge in [0.15, 0.2) is 14.1 Å². The Morgan fingerprint density at radius 3 is 2.29 bits per heavy atom. The lowest BCUT2D eigenvalue weighted by Crippen LogP contribution is -2.43. The van der Waals surface area contributed by atoms with Crippen molar-refractivity contribution in [2.45, 2.75) is 44.5 Å². The molecule has 0 bridgehead atoms. The number of Topliss-reactive ketones (excluding diaryl/α,β-unsaturated/α-hetero) is 1. The van der Waals surface area contributed by atoms with E-state index in [-0.39, 0.29) is 5.78 Å². The molecule has 0 radical (unpaired) electrons. The smallest absolute Gasteiger partial charge is 0.185 e. The standard InChI is InChI=1S/C14H20O2Si/c1-17(2,3)16-14(11-7-10-13(14)15)12-8-5-4-6-9-12/h4-6,8-9H,7,10-11H2,1-3H3. The van der Waals surface area contributed by atoms with E-state index < -0.39 is 13.9 Å². The second-order valence-corrected chi connectivity index (χ2v) is 10.1. The molecule has 17 heavy (non-hydrogen) atoms. The third kappa shape index (κ3) is 2.50. The summed E-state index contributed by atoms with van der Waals surface area (Å²) in [5.41, 5.74) is 0.385. The van der Waals surface area contributed by atoms with E-state index in [4.69, 9.17) is 4.43 Å². The van der Waals surface area contributed by atoms with Gasteiger partial charge < -0.3 is 4.43 Å². The summed E-state index contributed by atoms with van der Waals surface area (Å²) >= 11 is 0. The number of carbonyl (C=O) groups excluding carboxylic acids is 1. The monoisotopic (exact) mass is 248 g/mol. The molecule has 1 aliphatic carbocycles. The molecular weight excluding hydrogens is 228 g/mol. The minimum Gasteiger partial charge on any atom is -0.401 e. The quantitative estimate of drug-likeness (QED) is 0.765. The van der Waals surface area contributed by atoms with Crippen molar-refractivity contribution in [1.29, 1.82) is 0 Å². The molecule has 3 heteroatoms. The van der Waals surface area contributed by atoms with Gasteiger partial charge in [-0.1, -0.05) is 30.3 Å². The van der Waals surface area contributed by atoms with Crippen molar-refractivity contribution in [2.24, 2.45) is 0 Å². The molecule has 1 saturated carbocycles. The van der Waals surface area contributed by atoms with Gasteiger partial charge >= 0.3 is 0 Å². The third-order valence-corrected chi connectivity index (χ3v) is 4.06. The molecule has 1 unspecified atom stereocenters. The zero-order valence-electron chi connectivity index (χ0n) is 10.8. The normalized spacial score (nSPS) is 25.2. The van der Waals surface area contributed by atoms with Crippen LogP contribution in [0.25, 0.3) is 0 Å². The van der Waals surface area contributed by atoms with Gasteiger partial charge in [-0.3, -0.25) is 4.79 Å². The molecular formula is C14H20O2Si. The lowest BCUT2D eigenvalue weighted by Gasteiger charge is -2.35. The Bertz CT molecular complexity index is 408. The maximum atomic E-state index is 12.3. The Morgan fingerprint density at radius 2 is 1.82 bits per heavy atom. The van der Waals surface area contributed by atoms with Crippen molar-refractivity contribution in [3.8, 4) is 0 Å². The van der Waals surface area contributed by atoms with Gasteiger partial charge in [0.1, 0.15) is 5.60 Å². The molecule has 1 aromatic carbocycles. The van der Waals surface area contributed by atoms with Crippen molar-refractivity contribution < 1.29 is 9.22 Å². The van der Waals surface area contributed by atoms with Gasteiger partial charge in [-0.25, -0.2) is 0 Å². The highest BCUT2D eigenvalue weighted by molar-refractivity contribution is 6.70. The molecule has 0 amide bonds. The third-order valence-electron chi connectivity index (χ3n) is 3.10. The Hall–Kier alpha value is -0.933. The highest BCUT2D eigenvalue weighted by atomic mass is 28.4. The summed E-state index contributed by atoms with van der Waals surface area (Å²) in [5.74, 6) is 0.256. The summed E-state index contributed by atoms with van der Waals surface area (Å²) < 4.78 is 6.27. The number of rotatable bonds is 3. The molecule has 0 N–H and O–H groups in total. The van der Waals surface area contributed by atoms with Crippen LogP contribution in [0.1, 0.15) is 24.8 Å². The Kier molecular flexibility index (Phi) is 3.23. The Balaban J connectivity index is 2.42. The molecule has 0 spiro atoms. The average molecular weight is 248 g/mol. The first kappa shape index (κ1) is 12.5. The van der Waals surface area contributed by atoms with E-state index >= 15 is 0 Å². The van der Waals surface area contributed by atoms with Crippen molar-refractivity contribution in [3.63, 3.8) is 0 Å². The second-order valence-electron chi connectivity index (χ2n) is 5.68. The summed E-state index contributed by atoms with van der Waals surface area (Å²) in [6.45, 7) is 6.43. The predicted molar refractivity (Wildman–Crippen MR) is 71.4 cm³/mol.